The van der Waals surface area contributed by atoms with E-state index in [2.05, 4.69) is 5.32 Å². The first-order valence-electron chi connectivity index (χ1n) is 4.74. The molecule has 1 aliphatic heterocycles. The quantitative estimate of drug-likeness (QED) is 0.545. The molecule has 2 rings (SSSR count). The highest BCUT2D eigenvalue weighted by Crippen LogP contribution is 2.49. The van der Waals surface area contributed by atoms with E-state index in [-0.39, 0.29) is 5.60 Å². The molecule has 1 aliphatic carbocycles. The van der Waals surface area contributed by atoms with E-state index >= 15 is 0 Å². The van der Waals surface area contributed by atoms with Gasteiger partial charge in [0.25, 0.3) is 0 Å². The number of nitrogens with one attached hydrogen (secondary N) is 1. The van der Waals surface area contributed by atoms with Gasteiger partial charge < -0.3 is 10.4 Å². The van der Waals surface area contributed by atoms with Crippen LogP contribution in [-0.2, 0) is 0 Å². The number of hydrogen-bond donors (Lipinski definition) is 2. The van der Waals surface area contributed by atoms with Gasteiger partial charge in [-0.05, 0) is 51.1 Å². The second-order valence-corrected chi connectivity index (χ2v) is 4.00. The summed E-state index contributed by atoms with van der Waals surface area (Å²) < 4.78 is 0. The molecule has 1 saturated heterocycles. The number of aliphatic hydroxyl groups is 1. The SMILES string of the molecule is O[C@]12CCCCNCC[C@H]1C2. The molecule has 0 bridgehead atoms. The summed E-state index contributed by atoms with van der Waals surface area (Å²) in [6.07, 6.45) is 5.71. The zero-order valence-electron chi connectivity index (χ0n) is 6.97. The lowest BCUT2D eigenvalue weighted by Crippen LogP contribution is -2.16. The summed E-state index contributed by atoms with van der Waals surface area (Å²) in [6, 6.07) is 0. The van der Waals surface area contributed by atoms with Crippen molar-refractivity contribution in [1.82, 2.24) is 5.32 Å². The van der Waals surface area contributed by atoms with Crippen molar-refractivity contribution in [2.24, 2.45) is 5.92 Å². The van der Waals surface area contributed by atoms with Crippen molar-refractivity contribution in [2.75, 3.05) is 13.1 Å². The minimum absolute atomic E-state index is 0.230. The summed E-state index contributed by atoms with van der Waals surface area (Å²) >= 11 is 0. The van der Waals surface area contributed by atoms with Gasteiger partial charge in [-0.1, -0.05) is 0 Å². The van der Waals surface area contributed by atoms with Crippen molar-refractivity contribution in [3.63, 3.8) is 0 Å². The van der Waals surface area contributed by atoms with Gasteiger partial charge in [0.15, 0.2) is 0 Å². The second-order valence-electron chi connectivity index (χ2n) is 4.00. The monoisotopic (exact) mass is 155 g/mol. The molecule has 0 aromatic heterocycles. The Balaban J connectivity index is 1.88. The van der Waals surface area contributed by atoms with Crippen LogP contribution in [0.4, 0.5) is 0 Å². The molecule has 1 saturated carbocycles. The average Bonchev–Trinajstić information content (AvgIpc) is 2.59. The van der Waals surface area contributed by atoms with Gasteiger partial charge in [0.2, 0.25) is 0 Å². The maximum Gasteiger partial charge on any atom is 0.0681 e. The Bertz CT molecular complexity index is 148. The van der Waals surface area contributed by atoms with Crippen molar-refractivity contribution in [2.45, 2.75) is 37.7 Å². The molecular formula is C9H17NO. The maximum absolute atomic E-state index is 9.85. The van der Waals surface area contributed by atoms with Gasteiger partial charge in [-0.3, -0.25) is 0 Å². The largest absolute Gasteiger partial charge is 0.390 e. The summed E-state index contributed by atoms with van der Waals surface area (Å²) in [5, 5.41) is 13.2. The van der Waals surface area contributed by atoms with E-state index in [1.54, 1.807) is 0 Å². The Morgan fingerprint density at radius 2 is 2.18 bits per heavy atom. The molecule has 1 heterocycles. The van der Waals surface area contributed by atoms with Crippen LogP contribution in [0, 0.1) is 5.92 Å². The second kappa shape index (κ2) is 2.76. The van der Waals surface area contributed by atoms with Crippen LogP contribution in [0.15, 0.2) is 0 Å². The van der Waals surface area contributed by atoms with Crippen molar-refractivity contribution in [3.05, 3.63) is 0 Å². The van der Waals surface area contributed by atoms with Crippen LogP contribution in [0.1, 0.15) is 32.1 Å². The van der Waals surface area contributed by atoms with Gasteiger partial charge in [0.05, 0.1) is 5.60 Å². The summed E-state index contributed by atoms with van der Waals surface area (Å²) in [7, 11) is 0. The molecule has 0 spiro atoms. The molecule has 2 nitrogen and oxygen atoms in total. The highest BCUT2D eigenvalue weighted by atomic mass is 16.3. The van der Waals surface area contributed by atoms with E-state index in [4.69, 9.17) is 0 Å². The van der Waals surface area contributed by atoms with Gasteiger partial charge in [0.1, 0.15) is 0 Å². The first-order chi connectivity index (χ1) is 5.31. The fraction of sp³-hybridized carbons (Fsp3) is 1.00. The zero-order valence-corrected chi connectivity index (χ0v) is 6.97. The van der Waals surface area contributed by atoms with Crippen molar-refractivity contribution in [1.29, 1.82) is 0 Å². The summed E-state index contributed by atoms with van der Waals surface area (Å²) in [4.78, 5) is 0. The van der Waals surface area contributed by atoms with Gasteiger partial charge in [-0.2, -0.15) is 0 Å². The third-order valence-corrected chi connectivity index (χ3v) is 3.08. The molecule has 2 N–H and O–H groups in total. The molecule has 0 unspecified atom stereocenters. The maximum atomic E-state index is 9.85. The van der Waals surface area contributed by atoms with E-state index in [9.17, 15) is 5.11 Å². The topological polar surface area (TPSA) is 32.3 Å². The van der Waals surface area contributed by atoms with Crippen molar-refractivity contribution < 1.29 is 5.11 Å². The third-order valence-electron chi connectivity index (χ3n) is 3.08. The lowest BCUT2D eigenvalue weighted by atomic mass is 10.1. The number of fused-ring (bicyclic) bond motifs is 1. The Kier molecular flexibility index (Phi) is 1.90. The predicted octanol–water partition coefficient (Wildman–Crippen LogP) is 0.901. The van der Waals surface area contributed by atoms with Gasteiger partial charge in [0, 0.05) is 0 Å². The van der Waals surface area contributed by atoms with E-state index in [0.29, 0.717) is 5.92 Å². The normalized spacial score (nSPS) is 45.0. The van der Waals surface area contributed by atoms with Crippen LogP contribution in [0.25, 0.3) is 0 Å². The molecule has 2 atom stereocenters. The van der Waals surface area contributed by atoms with Crippen LogP contribution in [0.3, 0.4) is 0 Å². The Labute approximate surface area is 68.0 Å². The van der Waals surface area contributed by atoms with Crippen LogP contribution in [0.5, 0.6) is 0 Å². The molecule has 11 heavy (non-hydrogen) atoms. The highest BCUT2D eigenvalue weighted by Gasteiger charge is 2.51. The van der Waals surface area contributed by atoms with E-state index in [1.807, 2.05) is 0 Å². The minimum Gasteiger partial charge on any atom is -0.390 e. The Hall–Kier alpha value is -0.0800. The Morgan fingerprint density at radius 3 is 3.09 bits per heavy atom. The first kappa shape index (κ1) is 7.56. The minimum atomic E-state index is -0.230. The molecule has 0 amide bonds. The average molecular weight is 155 g/mol. The molecule has 0 aromatic rings. The van der Waals surface area contributed by atoms with E-state index in [0.717, 1.165) is 25.9 Å². The number of rotatable bonds is 0. The number of hydrogen-bond acceptors (Lipinski definition) is 2. The van der Waals surface area contributed by atoms with Crippen molar-refractivity contribution in [3.8, 4) is 0 Å². The van der Waals surface area contributed by atoms with Crippen molar-refractivity contribution >= 4 is 0 Å². The molecule has 64 valence electrons. The summed E-state index contributed by atoms with van der Waals surface area (Å²) in [6.45, 7) is 2.25. The summed E-state index contributed by atoms with van der Waals surface area (Å²) in [5.74, 6) is 0.619. The fourth-order valence-corrected chi connectivity index (χ4v) is 2.13. The van der Waals surface area contributed by atoms with E-state index in [1.165, 1.54) is 19.3 Å². The molecule has 0 radical (unpaired) electrons. The highest BCUT2D eigenvalue weighted by molar-refractivity contribution is 5.03. The molecule has 2 fully saturated rings. The van der Waals surface area contributed by atoms with Gasteiger partial charge >= 0.3 is 0 Å². The molecule has 2 aliphatic rings. The van der Waals surface area contributed by atoms with E-state index < -0.39 is 0 Å². The summed E-state index contributed by atoms with van der Waals surface area (Å²) in [5.41, 5.74) is -0.230. The fourth-order valence-electron chi connectivity index (χ4n) is 2.13. The Morgan fingerprint density at radius 1 is 1.27 bits per heavy atom. The molecular weight excluding hydrogens is 138 g/mol. The predicted molar refractivity (Wildman–Crippen MR) is 44.4 cm³/mol. The van der Waals surface area contributed by atoms with Crippen LogP contribution in [0.2, 0.25) is 0 Å². The first-order valence-corrected chi connectivity index (χ1v) is 4.74. The van der Waals surface area contributed by atoms with Crippen LogP contribution < -0.4 is 5.32 Å². The standard InChI is InChI=1S/C9H17NO/c11-9-4-1-2-5-10-6-3-8(9)7-9/h8,10-11H,1-7H2/t8-,9-/m0/s1. The van der Waals surface area contributed by atoms with Gasteiger partial charge in [-0.25, -0.2) is 0 Å². The van der Waals surface area contributed by atoms with Gasteiger partial charge in [-0.15, -0.1) is 0 Å². The van der Waals surface area contributed by atoms with Crippen LogP contribution >= 0.6 is 0 Å². The smallest absolute Gasteiger partial charge is 0.0681 e. The lowest BCUT2D eigenvalue weighted by Gasteiger charge is -2.06. The molecule has 2 heteroatoms. The third kappa shape index (κ3) is 1.57. The molecule has 0 aromatic carbocycles. The lowest BCUT2D eigenvalue weighted by molar-refractivity contribution is 0.118. The van der Waals surface area contributed by atoms with Crippen LogP contribution in [-0.4, -0.2) is 23.8 Å². The zero-order chi connectivity index (χ0) is 7.73.